The van der Waals surface area contributed by atoms with Crippen molar-refractivity contribution >= 4 is 11.7 Å². The van der Waals surface area contributed by atoms with Gasteiger partial charge in [-0.25, -0.2) is 0 Å². The number of aliphatic carboxylic acids is 1. The van der Waals surface area contributed by atoms with E-state index in [0.717, 1.165) is 0 Å². The summed E-state index contributed by atoms with van der Waals surface area (Å²) in [6.45, 7) is 3.63. The molecule has 0 aliphatic heterocycles. The fraction of sp³-hybridized carbons (Fsp3) is 0.462. The first kappa shape index (κ1) is 14.9. The van der Waals surface area contributed by atoms with Crippen molar-refractivity contribution < 1.29 is 19.6 Å². The van der Waals surface area contributed by atoms with Crippen molar-refractivity contribution in [3.8, 4) is 5.75 Å². The van der Waals surface area contributed by atoms with Gasteiger partial charge in [-0.05, 0) is 24.0 Å². The lowest BCUT2D eigenvalue weighted by molar-refractivity contribution is -0.385. The Morgan fingerprint density at radius 2 is 2.05 bits per heavy atom. The molecule has 0 fully saturated rings. The second kappa shape index (κ2) is 6.17. The van der Waals surface area contributed by atoms with Crippen molar-refractivity contribution in [3.63, 3.8) is 0 Å². The van der Waals surface area contributed by atoms with Crippen LogP contribution in [0.1, 0.15) is 19.4 Å². The molecule has 0 saturated heterocycles. The lowest BCUT2D eigenvalue weighted by Gasteiger charge is -2.16. The number of benzene rings is 1. The average Bonchev–Trinajstić information content (AvgIpc) is 2.34. The molecule has 6 nitrogen and oxygen atoms in total. The van der Waals surface area contributed by atoms with E-state index in [2.05, 4.69) is 0 Å². The van der Waals surface area contributed by atoms with Gasteiger partial charge in [0.2, 0.25) is 0 Å². The first-order valence-corrected chi connectivity index (χ1v) is 5.90. The molecule has 0 aromatic heterocycles. The van der Waals surface area contributed by atoms with E-state index in [4.69, 9.17) is 9.84 Å². The second-order valence-corrected chi connectivity index (χ2v) is 4.69. The molecule has 0 saturated carbocycles. The van der Waals surface area contributed by atoms with Gasteiger partial charge in [0.25, 0.3) is 5.69 Å². The molecule has 0 aliphatic carbocycles. The fourth-order valence-electron chi connectivity index (χ4n) is 1.85. The highest BCUT2D eigenvalue weighted by molar-refractivity contribution is 5.70. The molecule has 0 aliphatic rings. The minimum atomic E-state index is -0.902. The van der Waals surface area contributed by atoms with Crippen LogP contribution in [0, 0.1) is 22.0 Å². The van der Waals surface area contributed by atoms with Gasteiger partial charge in [0.15, 0.2) is 0 Å². The van der Waals surface area contributed by atoms with Gasteiger partial charge in [-0.1, -0.05) is 13.8 Å². The van der Waals surface area contributed by atoms with E-state index >= 15 is 0 Å². The standard InChI is InChI=1S/C13H17NO5/c1-8(2)12(13(15)16)6-9-4-10(14(17)18)7-11(5-9)19-3/h4-5,7-8,12H,6H2,1-3H3,(H,15,16). The van der Waals surface area contributed by atoms with E-state index in [1.165, 1.54) is 19.2 Å². The summed E-state index contributed by atoms with van der Waals surface area (Å²) in [6.07, 6.45) is 0.241. The van der Waals surface area contributed by atoms with Crippen molar-refractivity contribution in [2.24, 2.45) is 11.8 Å². The van der Waals surface area contributed by atoms with Crippen LogP contribution < -0.4 is 4.74 Å². The minimum absolute atomic E-state index is 0.0530. The smallest absolute Gasteiger partial charge is 0.307 e. The Morgan fingerprint density at radius 3 is 2.47 bits per heavy atom. The molecule has 1 unspecified atom stereocenters. The highest BCUT2D eigenvalue weighted by atomic mass is 16.6. The second-order valence-electron chi connectivity index (χ2n) is 4.69. The van der Waals surface area contributed by atoms with E-state index in [1.807, 2.05) is 13.8 Å². The first-order valence-electron chi connectivity index (χ1n) is 5.90. The van der Waals surface area contributed by atoms with Crippen LogP contribution in [0.5, 0.6) is 5.75 Å². The summed E-state index contributed by atoms with van der Waals surface area (Å²) in [7, 11) is 1.42. The van der Waals surface area contributed by atoms with Gasteiger partial charge in [0.1, 0.15) is 5.75 Å². The number of carbonyl (C=O) groups is 1. The lowest BCUT2D eigenvalue weighted by atomic mass is 9.89. The van der Waals surface area contributed by atoms with Crippen LogP contribution in [-0.2, 0) is 11.2 Å². The number of rotatable bonds is 6. The highest BCUT2D eigenvalue weighted by Crippen LogP contribution is 2.26. The summed E-state index contributed by atoms with van der Waals surface area (Å²) in [6, 6.07) is 4.33. The van der Waals surface area contributed by atoms with Crippen molar-refractivity contribution in [3.05, 3.63) is 33.9 Å². The van der Waals surface area contributed by atoms with Crippen LogP contribution in [-0.4, -0.2) is 23.1 Å². The number of nitro benzene ring substituents is 1. The van der Waals surface area contributed by atoms with Gasteiger partial charge in [0, 0.05) is 6.07 Å². The molecule has 6 heteroatoms. The Labute approximate surface area is 111 Å². The van der Waals surface area contributed by atoms with Gasteiger partial charge in [0.05, 0.1) is 24.0 Å². The zero-order valence-corrected chi connectivity index (χ0v) is 11.1. The van der Waals surface area contributed by atoms with Gasteiger partial charge in [-0.2, -0.15) is 0 Å². The normalized spacial score (nSPS) is 12.2. The van der Waals surface area contributed by atoms with Crippen LogP contribution in [0.25, 0.3) is 0 Å². The fourth-order valence-corrected chi connectivity index (χ4v) is 1.85. The predicted octanol–water partition coefficient (Wildman–Crippen LogP) is 2.50. The van der Waals surface area contributed by atoms with Gasteiger partial charge >= 0.3 is 5.97 Å². The average molecular weight is 267 g/mol. The van der Waals surface area contributed by atoms with Gasteiger partial charge in [-0.15, -0.1) is 0 Å². The van der Waals surface area contributed by atoms with Gasteiger partial charge in [-0.3, -0.25) is 14.9 Å². The summed E-state index contributed by atoms with van der Waals surface area (Å²) >= 11 is 0. The quantitative estimate of drug-likeness (QED) is 0.631. The third-order valence-corrected chi connectivity index (χ3v) is 2.98. The number of carboxylic acids is 1. The molecule has 19 heavy (non-hydrogen) atoms. The minimum Gasteiger partial charge on any atom is -0.496 e. The maximum Gasteiger partial charge on any atom is 0.307 e. The molecule has 1 atom stereocenters. The molecule has 104 valence electrons. The van der Waals surface area contributed by atoms with Crippen molar-refractivity contribution in [1.82, 2.24) is 0 Å². The van der Waals surface area contributed by atoms with E-state index in [-0.39, 0.29) is 18.0 Å². The molecule has 0 amide bonds. The topological polar surface area (TPSA) is 89.7 Å². The van der Waals surface area contributed by atoms with Crippen LogP contribution >= 0.6 is 0 Å². The third-order valence-electron chi connectivity index (χ3n) is 2.98. The van der Waals surface area contributed by atoms with Crippen LogP contribution in [0.3, 0.4) is 0 Å². The summed E-state index contributed by atoms with van der Waals surface area (Å²) in [5.41, 5.74) is 0.495. The van der Waals surface area contributed by atoms with E-state index in [0.29, 0.717) is 11.3 Å². The number of hydrogen-bond donors (Lipinski definition) is 1. The molecular weight excluding hydrogens is 250 g/mol. The number of methoxy groups -OCH3 is 1. The maximum absolute atomic E-state index is 11.2. The molecule has 0 radical (unpaired) electrons. The van der Waals surface area contributed by atoms with E-state index in [9.17, 15) is 14.9 Å². The molecule has 0 heterocycles. The van der Waals surface area contributed by atoms with E-state index < -0.39 is 16.8 Å². The molecule has 1 rings (SSSR count). The Balaban J connectivity index is 3.08. The Kier molecular flexibility index (Phi) is 4.86. The number of non-ortho nitro benzene ring substituents is 1. The first-order chi connectivity index (χ1) is 8.85. The monoisotopic (exact) mass is 267 g/mol. The SMILES string of the molecule is COc1cc(CC(C(=O)O)C(C)C)cc([N+](=O)[O-])c1. The summed E-state index contributed by atoms with van der Waals surface area (Å²) in [5.74, 6) is -1.17. The molecular formula is C13H17NO5. The Bertz CT molecular complexity index is 484. The molecule has 1 N–H and O–H groups in total. The van der Waals surface area contributed by atoms with Crippen LogP contribution in [0.15, 0.2) is 18.2 Å². The molecule has 1 aromatic carbocycles. The van der Waals surface area contributed by atoms with Crippen LogP contribution in [0.4, 0.5) is 5.69 Å². The maximum atomic E-state index is 11.2. The lowest BCUT2D eigenvalue weighted by Crippen LogP contribution is -2.22. The molecule has 0 bridgehead atoms. The molecule has 0 spiro atoms. The van der Waals surface area contributed by atoms with Crippen molar-refractivity contribution in [2.75, 3.05) is 7.11 Å². The highest BCUT2D eigenvalue weighted by Gasteiger charge is 2.23. The zero-order chi connectivity index (χ0) is 14.6. The zero-order valence-electron chi connectivity index (χ0n) is 11.1. The van der Waals surface area contributed by atoms with Crippen molar-refractivity contribution in [2.45, 2.75) is 20.3 Å². The number of nitrogens with zero attached hydrogens (tertiary/aromatic N) is 1. The number of carboxylic acid groups (broad SMARTS) is 1. The van der Waals surface area contributed by atoms with Gasteiger partial charge < -0.3 is 9.84 Å². The third kappa shape index (κ3) is 3.94. The number of hydrogen-bond acceptors (Lipinski definition) is 4. The van der Waals surface area contributed by atoms with E-state index in [1.54, 1.807) is 6.07 Å². The number of ether oxygens (including phenoxy) is 1. The van der Waals surface area contributed by atoms with Crippen molar-refractivity contribution in [1.29, 1.82) is 0 Å². The summed E-state index contributed by atoms with van der Waals surface area (Å²) in [4.78, 5) is 21.4. The largest absolute Gasteiger partial charge is 0.496 e. The Hall–Kier alpha value is -2.11. The summed E-state index contributed by atoms with van der Waals surface area (Å²) < 4.78 is 5.00. The summed E-state index contributed by atoms with van der Waals surface area (Å²) in [5, 5.41) is 20.0. The number of nitro groups is 1. The van der Waals surface area contributed by atoms with Crippen LogP contribution in [0.2, 0.25) is 0 Å². The predicted molar refractivity (Wildman–Crippen MR) is 69.3 cm³/mol. The Morgan fingerprint density at radius 1 is 1.42 bits per heavy atom. The molecule has 1 aromatic rings.